The van der Waals surface area contributed by atoms with Crippen LogP contribution < -0.4 is 4.72 Å². The SMILES string of the molecule is O=S(=O)(NCC1(O)CCOC1)c1cccnc1Cl. The molecular weight excluding hydrogens is 280 g/mol. The first-order valence-electron chi connectivity index (χ1n) is 5.33. The first-order valence-corrected chi connectivity index (χ1v) is 7.19. The highest BCUT2D eigenvalue weighted by Crippen LogP contribution is 2.20. The second-order valence-corrected chi connectivity index (χ2v) is 6.24. The van der Waals surface area contributed by atoms with E-state index >= 15 is 0 Å². The van der Waals surface area contributed by atoms with E-state index in [9.17, 15) is 13.5 Å². The van der Waals surface area contributed by atoms with Crippen LogP contribution in [0.15, 0.2) is 23.2 Å². The van der Waals surface area contributed by atoms with Gasteiger partial charge < -0.3 is 9.84 Å². The van der Waals surface area contributed by atoms with Gasteiger partial charge in [0.2, 0.25) is 10.0 Å². The number of halogens is 1. The molecule has 100 valence electrons. The predicted molar refractivity (Wildman–Crippen MR) is 64.8 cm³/mol. The lowest BCUT2D eigenvalue weighted by molar-refractivity contribution is 0.0314. The van der Waals surface area contributed by atoms with Gasteiger partial charge in [-0.3, -0.25) is 0 Å². The molecule has 2 rings (SSSR count). The number of nitrogens with zero attached hydrogens (tertiary/aromatic N) is 1. The molecule has 0 aromatic carbocycles. The third-order valence-electron chi connectivity index (χ3n) is 2.69. The van der Waals surface area contributed by atoms with Crippen LogP contribution >= 0.6 is 11.6 Å². The summed E-state index contributed by atoms with van der Waals surface area (Å²) >= 11 is 5.72. The molecule has 0 spiro atoms. The van der Waals surface area contributed by atoms with Crippen LogP contribution in [0.25, 0.3) is 0 Å². The molecule has 0 radical (unpaired) electrons. The molecule has 0 aliphatic carbocycles. The van der Waals surface area contributed by atoms with Crippen molar-refractivity contribution in [3.8, 4) is 0 Å². The van der Waals surface area contributed by atoms with Crippen molar-refractivity contribution in [2.45, 2.75) is 16.9 Å². The van der Waals surface area contributed by atoms with Gasteiger partial charge in [-0.1, -0.05) is 11.6 Å². The summed E-state index contributed by atoms with van der Waals surface area (Å²) in [7, 11) is -3.78. The van der Waals surface area contributed by atoms with E-state index in [-0.39, 0.29) is 23.2 Å². The van der Waals surface area contributed by atoms with Crippen LogP contribution in [0.3, 0.4) is 0 Å². The lowest BCUT2D eigenvalue weighted by Crippen LogP contribution is -2.43. The van der Waals surface area contributed by atoms with E-state index in [1.807, 2.05) is 0 Å². The molecule has 2 heterocycles. The summed E-state index contributed by atoms with van der Waals surface area (Å²) in [6, 6.07) is 2.83. The van der Waals surface area contributed by atoms with Gasteiger partial charge in [0.1, 0.15) is 15.6 Å². The van der Waals surface area contributed by atoms with Gasteiger partial charge in [0.15, 0.2) is 0 Å². The van der Waals surface area contributed by atoms with Gasteiger partial charge in [0, 0.05) is 25.8 Å². The highest BCUT2D eigenvalue weighted by Gasteiger charge is 2.34. The highest BCUT2D eigenvalue weighted by atomic mass is 35.5. The fourth-order valence-electron chi connectivity index (χ4n) is 1.61. The molecule has 18 heavy (non-hydrogen) atoms. The van der Waals surface area contributed by atoms with Gasteiger partial charge in [-0.15, -0.1) is 0 Å². The second kappa shape index (κ2) is 5.10. The molecule has 8 heteroatoms. The Morgan fingerprint density at radius 3 is 3.00 bits per heavy atom. The molecule has 1 aliphatic heterocycles. The van der Waals surface area contributed by atoms with Crippen LogP contribution in [0.2, 0.25) is 5.15 Å². The Hall–Kier alpha value is -0.730. The Balaban J connectivity index is 2.11. The smallest absolute Gasteiger partial charge is 0.243 e. The van der Waals surface area contributed by atoms with Crippen molar-refractivity contribution in [2.24, 2.45) is 0 Å². The average Bonchev–Trinajstić information content (AvgIpc) is 2.75. The number of nitrogens with one attached hydrogen (secondary N) is 1. The molecule has 1 aromatic rings. The first kappa shape index (κ1) is 13.7. The molecule has 0 bridgehead atoms. The van der Waals surface area contributed by atoms with Crippen molar-refractivity contribution in [3.05, 3.63) is 23.5 Å². The molecule has 1 fully saturated rings. The summed E-state index contributed by atoms with van der Waals surface area (Å²) in [5.74, 6) is 0. The quantitative estimate of drug-likeness (QED) is 0.772. The zero-order valence-electron chi connectivity index (χ0n) is 9.47. The zero-order valence-corrected chi connectivity index (χ0v) is 11.0. The zero-order chi connectivity index (χ0) is 13.2. The maximum Gasteiger partial charge on any atom is 0.243 e. The Labute approximate surface area is 110 Å². The van der Waals surface area contributed by atoms with E-state index < -0.39 is 15.6 Å². The van der Waals surface area contributed by atoms with Crippen LogP contribution in [-0.4, -0.2) is 43.9 Å². The summed E-state index contributed by atoms with van der Waals surface area (Å²) in [4.78, 5) is 3.60. The molecule has 2 N–H and O–H groups in total. The van der Waals surface area contributed by atoms with Gasteiger partial charge in [0.05, 0.1) is 6.61 Å². The summed E-state index contributed by atoms with van der Waals surface area (Å²) in [6.45, 7) is 0.433. The van der Waals surface area contributed by atoms with Gasteiger partial charge in [0.25, 0.3) is 0 Å². The maximum atomic E-state index is 12.0. The fourth-order valence-corrected chi connectivity index (χ4v) is 3.19. The molecule has 1 unspecified atom stereocenters. The Morgan fingerprint density at radius 1 is 1.61 bits per heavy atom. The topological polar surface area (TPSA) is 88.5 Å². The van der Waals surface area contributed by atoms with E-state index in [4.69, 9.17) is 16.3 Å². The standard InChI is InChI=1S/C10H13ClN2O4S/c11-9-8(2-1-4-12-9)18(15,16)13-6-10(14)3-5-17-7-10/h1-2,4,13-14H,3,5-7H2. The summed E-state index contributed by atoms with van der Waals surface area (Å²) in [6.07, 6.45) is 1.80. The average molecular weight is 293 g/mol. The van der Waals surface area contributed by atoms with Gasteiger partial charge >= 0.3 is 0 Å². The fraction of sp³-hybridized carbons (Fsp3) is 0.500. The molecule has 1 aromatic heterocycles. The molecule has 1 atom stereocenters. The van der Waals surface area contributed by atoms with Crippen LogP contribution in [0, 0.1) is 0 Å². The minimum Gasteiger partial charge on any atom is -0.386 e. The van der Waals surface area contributed by atoms with Crippen LogP contribution in [-0.2, 0) is 14.8 Å². The maximum absolute atomic E-state index is 12.0. The van der Waals surface area contributed by atoms with Crippen molar-refractivity contribution in [1.82, 2.24) is 9.71 Å². The number of aliphatic hydroxyl groups is 1. The Kier molecular flexibility index (Phi) is 3.88. The lowest BCUT2D eigenvalue weighted by Gasteiger charge is -2.20. The normalized spacial score (nSPS) is 24.3. The number of rotatable bonds is 4. The predicted octanol–water partition coefficient (Wildman–Crippen LogP) is 0.165. The third kappa shape index (κ3) is 2.99. The van der Waals surface area contributed by atoms with Crippen LogP contribution in [0.4, 0.5) is 0 Å². The molecule has 1 aliphatic rings. The molecule has 1 saturated heterocycles. The van der Waals surface area contributed by atoms with Crippen molar-refractivity contribution in [3.63, 3.8) is 0 Å². The minimum atomic E-state index is -3.78. The number of ether oxygens (including phenoxy) is 1. The summed E-state index contributed by atoms with van der Waals surface area (Å²) in [5.41, 5.74) is -1.15. The molecule has 0 amide bonds. The van der Waals surface area contributed by atoms with E-state index in [2.05, 4.69) is 9.71 Å². The van der Waals surface area contributed by atoms with Gasteiger partial charge in [-0.25, -0.2) is 18.1 Å². The number of sulfonamides is 1. The van der Waals surface area contributed by atoms with Gasteiger partial charge in [-0.2, -0.15) is 0 Å². The monoisotopic (exact) mass is 292 g/mol. The van der Waals surface area contributed by atoms with Crippen molar-refractivity contribution in [1.29, 1.82) is 0 Å². The first-order chi connectivity index (χ1) is 8.43. The number of pyridine rings is 1. The minimum absolute atomic E-state index is 0.0975. The Bertz CT molecular complexity index is 528. The third-order valence-corrected chi connectivity index (χ3v) is 4.53. The Morgan fingerprint density at radius 2 is 2.39 bits per heavy atom. The number of aromatic nitrogens is 1. The van der Waals surface area contributed by atoms with E-state index in [0.29, 0.717) is 13.0 Å². The summed E-state index contributed by atoms with van der Waals surface area (Å²) < 4.78 is 31.3. The van der Waals surface area contributed by atoms with E-state index in [1.165, 1.54) is 18.3 Å². The molecule has 6 nitrogen and oxygen atoms in total. The van der Waals surface area contributed by atoms with E-state index in [1.54, 1.807) is 0 Å². The van der Waals surface area contributed by atoms with Crippen LogP contribution in [0.1, 0.15) is 6.42 Å². The molecular formula is C10H13ClN2O4S. The lowest BCUT2D eigenvalue weighted by atomic mass is 10.1. The van der Waals surface area contributed by atoms with Crippen LogP contribution in [0.5, 0.6) is 0 Å². The highest BCUT2D eigenvalue weighted by molar-refractivity contribution is 7.89. The molecule has 0 saturated carbocycles. The van der Waals surface area contributed by atoms with E-state index in [0.717, 1.165) is 0 Å². The largest absolute Gasteiger partial charge is 0.386 e. The van der Waals surface area contributed by atoms with Crippen molar-refractivity contribution in [2.75, 3.05) is 19.8 Å². The van der Waals surface area contributed by atoms with Crippen molar-refractivity contribution >= 4 is 21.6 Å². The van der Waals surface area contributed by atoms with Gasteiger partial charge in [-0.05, 0) is 12.1 Å². The number of hydrogen-bond acceptors (Lipinski definition) is 5. The number of hydrogen-bond donors (Lipinski definition) is 2. The second-order valence-electron chi connectivity index (χ2n) is 4.14. The van der Waals surface area contributed by atoms with Crippen molar-refractivity contribution < 1.29 is 18.3 Å². The summed E-state index contributed by atoms with van der Waals surface area (Å²) in [5, 5.41) is 9.87.